The van der Waals surface area contributed by atoms with Crippen molar-refractivity contribution in [3.05, 3.63) is 23.3 Å². The number of esters is 1. The molecule has 13 nitrogen and oxygen atoms in total. The lowest BCUT2D eigenvalue weighted by Gasteiger charge is -2.46. The van der Waals surface area contributed by atoms with E-state index >= 15 is 0 Å². The summed E-state index contributed by atoms with van der Waals surface area (Å²) in [5.41, 5.74) is 6.73. The first kappa shape index (κ1) is 38.2. The molecule has 1 spiro atoms. The van der Waals surface area contributed by atoms with Crippen LogP contribution in [0.4, 0.5) is 0 Å². The summed E-state index contributed by atoms with van der Waals surface area (Å²) >= 11 is 0. The Morgan fingerprint density at radius 3 is 2.64 bits per heavy atom. The topological polar surface area (TPSA) is 185 Å². The van der Waals surface area contributed by atoms with Crippen molar-refractivity contribution in [2.45, 2.75) is 108 Å². The SMILES string of the molecule is CC(=O)OC1CC(O)CCC2(C#CC3CCCC4CC(CCN4)Oc4cc(c(C(O)O)cc4O)CC31)CCN1CC3CC(C1)CN(CN=C(N)NC2)C3. The number of nitrogens with two attached hydrogens (primary N) is 1. The van der Waals surface area contributed by atoms with Crippen molar-refractivity contribution < 1.29 is 34.7 Å². The molecule has 292 valence electrons. The minimum absolute atomic E-state index is 0.0954. The van der Waals surface area contributed by atoms with Crippen molar-refractivity contribution in [3.63, 3.8) is 0 Å². The van der Waals surface area contributed by atoms with E-state index in [0.29, 0.717) is 55.2 Å². The fraction of sp³-hybridized carbons (Fsp3) is 0.750. The average Bonchev–Trinajstić information content (AvgIpc) is 3.12. The maximum absolute atomic E-state index is 12.7. The Kier molecular flexibility index (Phi) is 12.0. The molecule has 0 saturated carbocycles. The van der Waals surface area contributed by atoms with Crippen molar-refractivity contribution in [2.75, 3.05) is 52.5 Å². The molecule has 9 unspecified atom stereocenters. The van der Waals surface area contributed by atoms with Gasteiger partial charge in [-0.2, -0.15) is 0 Å². The molecule has 1 aromatic rings. The van der Waals surface area contributed by atoms with E-state index in [2.05, 4.69) is 32.3 Å². The fourth-order valence-corrected chi connectivity index (χ4v) is 10.1. The van der Waals surface area contributed by atoms with E-state index in [1.807, 2.05) is 0 Å². The summed E-state index contributed by atoms with van der Waals surface area (Å²) in [4.78, 5) is 22.4. The lowest BCUT2D eigenvalue weighted by molar-refractivity contribution is -0.152. The standard InChI is InChI=1S/C40H60N6O7/c1-25(47)52-36-17-31(48)6-9-40(10-12-45-19-26-13-27(20-45)22-46(21-26)24-44-39(41)43-23-40)8-5-28-3-2-4-30-16-32(7-11-42-30)53-37-15-29(14-33(28)36)34(38(50)51)18-35(37)49/h15,18,26-28,30-33,36,38,42,48-51H,2-4,6-7,9-14,16-17,19-24H2,1H3,(H3,41,43,44). The van der Waals surface area contributed by atoms with Crippen LogP contribution >= 0.6 is 0 Å². The number of ether oxygens (including phenoxy) is 2. The zero-order valence-electron chi connectivity index (χ0n) is 31.2. The zero-order valence-corrected chi connectivity index (χ0v) is 31.2. The Hall–Kier alpha value is -3.12. The number of rotatable bonds is 2. The summed E-state index contributed by atoms with van der Waals surface area (Å²) in [6, 6.07) is 3.31. The monoisotopic (exact) mass is 736 g/mol. The summed E-state index contributed by atoms with van der Waals surface area (Å²) in [5, 5.41) is 50.8. The molecular weight excluding hydrogens is 676 g/mol. The van der Waals surface area contributed by atoms with E-state index in [1.165, 1.54) is 19.4 Å². The van der Waals surface area contributed by atoms with Gasteiger partial charge in [0.1, 0.15) is 12.2 Å². The molecule has 1 aliphatic carbocycles. The highest BCUT2D eigenvalue weighted by molar-refractivity contribution is 5.77. The quantitative estimate of drug-likeness (QED) is 0.133. The summed E-state index contributed by atoms with van der Waals surface area (Å²) in [7, 11) is 0. The molecule has 0 amide bonds. The van der Waals surface area contributed by atoms with Gasteiger partial charge in [0.2, 0.25) is 0 Å². The van der Waals surface area contributed by atoms with Crippen molar-refractivity contribution in [2.24, 2.45) is 39.8 Å². The predicted molar refractivity (Wildman–Crippen MR) is 200 cm³/mol. The molecule has 0 aromatic heterocycles. The summed E-state index contributed by atoms with van der Waals surface area (Å²) in [6.45, 7) is 8.37. The van der Waals surface area contributed by atoms with Gasteiger partial charge in [-0.15, -0.1) is 0 Å². The Balaban J connectivity index is 1.29. The number of phenolic OH excluding ortho intramolecular Hbond substituents is 1. The Labute approximate surface area is 313 Å². The third-order valence-electron chi connectivity index (χ3n) is 12.7. The molecule has 6 aliphatic heterocycles. The minimum Gasteiger partial charge on any atom is -0.504 e. The number of benzene rings is 1. The number of nitrogens with one attached hydrogen (secondary N) is 2. The first-order valence-electron chi connectivity index (χ1n) is 20.0. The Bertz CT molecular complexity index is 1530. The van der Waals surface area contributed by atoms with Crippen LogP contribution in [0.25, 0.3) is 0 Å². The van der Waals surface area contributed by atoms with Crippen LogP contribution in [0.15, 0.2) is 17.1 Å². The third-order valence-corrected chi connectivity index (χ3v) is 12.7. The number of aliphatic hydroxyl groups is 3. The number of aliphatic hydroxyl groups excluding tert-OH is 2. The molecule has 3 fully saturated rings. The summed E-state index contributed by atoms with van der Waals surface area (Å²) in [6.07, 6.45) is 4.40. The lowest BCUT2D eigenvalue weighted by Crippen LogP contribution is -2.53. The molecule has 1 aromatic carbocycles. The lowest BCUT2D eigenvalue weighted by atomic mass is 9.73. The molecule has 3 saturated heterocycles. The highest BCUT2D eigenvalue weighted by Gasteiger charge is 2.40. The number of fused-ring (bicyclic) bond motifs is 9. The summed E-state index contributed by atoms with van der Waals surface area (Å²) in [5.74, 6) is 8.28. The van der Waals surface area contributed by atoms with E-state index < -0.39 is 35.8 Å². The van der Waals surface area contributed by atoms with Gasteiger partial charge >= 0.3 is 5.97 Å². The minimum atomic E-state index is -1.84. The van der Waals surface area contributed by atoms with Crippen LogP contribution in [0, 0.1) is 40.9 Å². The smallest absolute Gasteiger partial charge is 0.302 e. The molecule has 7 aliphatic rings. The molecule has 0 radical (unpaired) electrons. The van der Waals surface area contributed by atoms with Gasteiger partial charge in [0.05, 0.1) is 18.2 Å². The van der Waals surface area contributed by atoms with Crippen LogP contribution < -0.4 is 21.1 Å². The number of hydrogen-bond acceptors (Lipinski definition) is 13. The van der Waals surface area contributed by atoms with Gasteiger partial charge in [-0.3, -0.25) is 9.69 Å². The number of aliphatic imine (C=N–C) groups is 1. The van der Waals surface area contributed by atoms with Gasteiger partial charge in [0, 0.05) is 69.5 Å². The maximum atomic E-state index is 12.7. The molecule has 9 atom stereocenters. The molecular formula is C40H60N6O7. The second-order valence-electron chi connectivity index (χ2n) is 16.9. The second kappa shape index (κ2) is 16.7. The van der Waals surface area contributed by atoms with E-state index in [0.717, 1.165) is 77.8 Å². The highest BCUT2D eigenvalue weighted by atomic mass is 16.5. The van der Waals surface area contributed by atoms with E-state index in [4.69, 9.17) is 20.2 Å². The van der Waals surface area contributed by atoms with Gasteiger partial charge in [0.15, 0.2) is 23.7 Å². The number of nitrogens with zero attached hydrogens (tertiary/aromatic N) is 3. The molecule has 6 heterocycles. The number of phenols is 1. The van der Waals surface area contributed by atoms with Gasteiger partial charge in [-0.25, -0.2) is 4.99 Å². The third kappa shape index (κ3) is 9.58. The van der Waals surface area contributed by atoms with Crippen LogP contribution in [0.1, 0.15) is 88.5 Å². The molecule has 53 heavy (non-hydrogen) atoms. The van der Waals surface area contributed by atoms with Crippen molar-refractivity contribution in [1.29, 1.82) is 0 Å². The molecule has 8 N–H and O–H groups in total. The number of carbonyl (C=O) groups is 1. The number of piperidine rings is 3. The average molecular weight is 737 g/mol. The molecule has 13 heteroatoms. The van der Waals surface area contributed by atoms with E-state index in [9.17, 15) is 25.2 Å². The van der Waals surface area contributed by atoms with Crippen molar-refractivity contribution in [1.82, 2.24) is 20.4 Å². The largest absolute Gasteiger partial charge is 0.504 e. The van der Waals surface area contributed by atoms with Crippen LogP contribution in [-0.2, 0) is 16.0 Å². The Morgan fingerprint density at radius 2 is 1.87 bits per heavy atom. The number of carbonyl (C=O) groups excluding carboxylic acids is 1. The van der Waals surface area contributed by atoms with Crippen molar-refractivity contribution in [3.8, 4) is 23.3 Å². The summed E-state index contributed by atoms with van der Waals surface area (Å²) < 4.78 is 12.4. The fourth-order valence-electron chi connectivity index (χ4n) is 10.1. The van der Waals surface area contributed by atoms with Gasteiger partial charge in [-0.1, -0.05) is 18.3 Å². The second-order valence-corrected chi connectivity index (χ2v) is 16.9. The van der Waals surface area contributed by atoms with Crippen LogP contribution in [-0.4, -0.2) is 119 Å². The highest BCUT2D eigenvalue weighted by Crippen LogP contribution is 2.40. The zero-order chi connectivity index (χ0) is 37.1. The number of aromatic hydroxyl groups is 1. The number of hydrogen-bond donors (Lipinski definition) is 7. The van der Waals surface area contributed by atoms with Crippen LogP contribution in [0.5, 0.6) is 11.5 Å². The molecule has 8 bridgehead atoms. The van der Waals surface area contributed by atoms with E-state index in [1.54, 1.807) is 6.07 Å². The van der Waals surface area contributed by atoms with Gasteiger partial charge in [0.25, 0.3) is 0 Å². The normalized spacial score (nSPS) is 37.9. The predicted octanol–water partition coefficient (Wildman–Crippen LogP) is 1.82. The van der Waals surface area contributed by atoms with Crippen LogP contribution in [0.2, 0.25) is 0 Å². The maximum Gasteiger partial charge on any atom is 0.302 e. The molecule has 8 rings (SSSR count). The first-order valence-corrected chi connectivity index (χ1v) is 20.0. The van der Waals surface area contributed by atoms with E-state index in [-0.39, 0.29) is 42.2 Å². The number of guanidine groups is 1. The Morgan fingerprint density at radius 1 is 1.08 bits per heavy atom. The first-order chi connectivity index (χ1) is 25.5. The van der Waals surface area contributed by atoms with Crippen molar-refractivity contribution >= 4 is 11.9 Å². The van der Waals surface area contributed by atoms with Crippen LogP contribution in [0.3, 0.4) is 0 Å². The van der Waals surface area contributed by atoms with Gasteiger partial charge in [-0.05, 0) is 100 Å². The van der Waals surface area contributed by atoms with Gasteiger partial charge < -0.3 is 51.2 Å².